The molecular formula is C21H25BrN4O2. The second-order valence-corrected chi connectivity index (χ2v) is 7.90. The van der Waals surface area contributed by atoms with Gasteiger partial charge in [0.25, 0.3) is 11.8 Å². The fourth-order valence-corrected chi connectivity index (χ4v) is 3.44. The van der Waals surface area contributed by atoms with E-state index in [0.29, 0.717) is 5.56 Å². The van der Waals surface area contributed by atoms with Crippen LogP contribution in [0, 0.1) is 6.92 Å². The highest BCUT2D eigenvalue weighted by Gasteiger charge is 2.19. The van der Waals surface area contributed by atoms with Gasteiger partial charge in [-0.05, 0) is 42.3 Å². The molecular weight excluding hydrogens is 420 g/mol. The van der Waals surface area contributed by atoms with Crippen LogP contribution in [0.15, 0.2) is 53.0 Å². The van der Waals surface area contributed by atoms with Crippen molar-refractivity contribution in [3.8, 4) is 0 Å². The number of carbonyl (C=O) groups excluding carboxylic acids is 2. The van der Waals surface area contributed by atoms with Crippen molar-refractivity contribution in [2.45, 2.75) is 13.5 Å². The van der Waals surface area contributed by atoms with Crippen LogP contribution in [0.3, 0.4) is 0 Å². The van der Waals surface area contributed by atoms with Crippen LogP contribution in [0.5, 0.6) is 0 Å². The summed E-state index contributed by atoms with van der Waals surface area (Å²) >= 11 is 3.33. The molecule has 148 valence electrons. The minimum atomic E-state index is -0.330. The minimum absolute atomic E-state index is 0.210. The monoisotopic (exact) mass is 444 g/mol. The molecule has 6 nitrogen and oxygen atoms in total. The lowest BCUT2D eigenvalue weighted by Gasteiger charge is -2.34. The molecule has 1 aliphatic rings. The zero-order valence-corrected chi connectivity index (χ0v) is 17.5. The van der Waals surface area contributed by atoms with Gasteiger partial charge in [-0.25, -0.2) is 0 Å². The van der Waals surface area contributed by atoms with E-state index in [4.69, 9.17) is 0 Å². The molecule has 3 rings (SSSR count). The Bertz CT molecular complexity index is 817. The molecule has 1 fully saturated rings. The molecule has 0 unspecified atom stereocenters. The van der Waals surface area contributed by atoms with E-state index in [1.165, 1.54) is 11.1 Å². The molecule has 7 heteroatoms. The van der Waals surface area contributed by atoms with E-state index in [0.717, 1.165) is 37.2 Å². The predicted molar refractivity (Wildman–Crippen MR) is 113 cm³/mol. The van der Waals surface area contributed by atoms with Crippen molar-refractivity contribution >= 4 is 27.7 Å². The van der Waals surface area contributed by atoms with Gasteiger partial charge in [0.05, 0.1) is 6.54 Å². The van der Waals surface area contributed by atoms with Crippen LogP contribution < -0.4 is 10.9 Å². The average molecular weight is 445 g/mol. The molecule has 2 N–H and O–H groups in total. The maximum atomic E-state index is 12.1. The van der Waals surface area contributed by atoms with Crippen molar-refractivity contribution < 1.29 is 9.59 Å². The van der Waals surface area contributed by atoms with Gasteiger partial charge in [0.15, 0.2) is 0 Å². The van der Waals surface area contributed by atoms with Crippen LogP contribution in [-0.2, 0) is 11.3 Å². The van der Waals surface area contributed by atoms with E-state index in [1.54, 1.807) is 24.3 Å². The molecule has 2 amide bonds. The minimum Gasteiger partial charge on any atom is -0.297 e. The van der Waals surface area contributed by atoms with Crippen molar-refractivity contribution in [2.24, 2.45) is 0 Å². The number of hydrogen-bond donors (Lipinski definition) is 2. The number of hydrazine groups is 1. The number of piperazine rings is 1. The number of benzene rings is 2. The molecule has 0 radical (unpaired) electrons. The third kappa shape index (κ3) is 5.89. The summed E-state index contributed by atoms with van der Waals surface area (Å²) in [4.78, 5) is 28.7. The fourth-order valence-electron chi connectivity index (χ4n) is 3.18. The lowest BCUT2D eigenvalue weighted by molar-refractivity contribution is -0.123. The Morgan fingerprint density at radius 1 is 0.929 bits per heavy atom. The second kappa shape index (κ2) is 9.82. The van der Waals surface area contributed by atoms with E-state index >= 15 is 0 Å². The van der Waals surface area contributed by atoms with Crippen molar-refractivity contribution in [1.29, 1.82) is 0 Å². The van der Waals surface area contributed by atoms with E-state index in [-0.39, 0.29) is 18.4 Å². The van der Waals surface area contributed by atoms with Crippen LogP contribution in [0.2, 0.25) is 0 Å². The SMILES string of the molecule is Cc1ccccc1CN1CCN(CC(=O)NNC(=O)c2ccc(Br)cc2)CC1. The van der Waals surface area contributed by atoms with Gasteiger partial charge in [-0.3, -0.25) is 30.2 Å². The summed E-state index contributed by atoms with van der Waals surface area (Å²) in [5.41, 5.74) is 8.12. The lowest BCUT2D eigenvalue weighted by Crippen LogP contribution is -2.51. The zero-order chi connectivity index (χ0) is 19.9. The maximum absolute atomic E-state index is 12.1. The van der Waals surface area contributed by atoms with Crippen molar-refractivity contribution in [3.63, 3.8) is 0 Å². The standard InChI is InChI=1S/C21H25BrN4O2/c1-16-4-2-3-5-18(16)14-25-10-12-26(13-11-25)15-20(27)23-24-21(28)17-6-8-19(22)9-7-17/h2-9H,10-15H2,1H3,(H,23,27)(H,24,28). The summed E-state index contributed by atoms with van der Waals surface area (Å²) in [7, 11) is 0. The quantitative estimate of drug-likeness (QED) is 0.694. The molecule has 2 aromatic carbocycles. The molecule has 0 atom stereocenters. The van der Waals surface area contributed by atoms with Gasteiger partial charge in [-0.2, -0.15) is 0 Å². The predicted octanol–water partition coefficient (Wildman–Crippen LogP) is 2.34. The molecule has 1 saturated heterocycles. The van der Waals surface area contributed by atoms with Gasteiger partial charge in [0.1, 0.15) is 0 Å². The first-order valence-electron chi connectivity index (χ1n) is 9.35. The topological polar surface area (TPSA) is 64.7 Å². The number of carbonyl (C=O) groups is 2. The molecule has 1 heterocycles. The third-order valence-electron chi connectivity index (χ3n) is 4.91. The van der Waals surface area contributed by atoms with Crippen molar-refractivity contribution in [2.75, 3.05) is 32.7 Å². The number of nitrogens with zero attached hydrogens (tertiary/aromatic N) is 2. The normalized spacial score (nSPS) is 15.2. The molecule has 28 heavy (non-hydrogen) atoms. The van der Waals surface area contributed by atoms with Gasteiger partial charge >= 0.3 is 0 Å². The molecule has 0 saturated carbocycles. The first-order chi connectivity index (χ1) is 13.5. The van der Waals surface area contributed by atoms with E-state index in [2.05, 4.69) is 67.8 Å². The van der Waals surface area contributed by atoms with Crippen LogP contribution in [-0.4, -0.2) is 54.3 Å². The van der Waals surface area contributed by atoms with E-state index < -0.39 is 0 Å². The van der Waals surface area contributed by atoms with Crippen LogP contribution in [0.1, 0.15) is 21.5 Å². The number of amides is 2. The average Bonchev–Trinajstić information content (AvgIpc) is 2.70. The first-order valence-corrected chi connectivity index (χ1v) is 10.1. The van der Waals surface area contributed by atoms with E-state index in [9.17, 15) is 9.59 Å². The van der Waals surface area contributed by atoms with E-state index in [1.807, 2.05) is 0 Å². The third-order valence-corrected chi connectivity index (χ3v) is 5.44. The lowest BCUT2D eigenvalue weighted by atomic mass is 10.1. The summed E-state index contributed by atoms with van der Waals surface area (Å²) in [6.45, 7) is 6.87. The van der Waals surface area contributed by atoms with Crippen LogP contribution in [0.4, 0.5) is 0 Å². The van der Waals surface area contributed by atoms with Gasteiger partial charge in [-0.1, -0.05) is 40.2 Å². The zero-order valence-electron chi connectivity index (χ0n) is 16.0. The fraction of sp³-hybridized carbons (Fsp3) is 0.333. The molecule has 0 spiro atoms. The number of halogens is 1. The van der Waals surface area contributed by atoms with Gasteiger partial charge in [-0.15, -0.1) is 0 Å². The highest BCUT2D eigenvalue weighted by atomic mass is 79.9. The second-order valence-electron chi connectivity index (χ2n) is 6.99. The Balaban J connectivity index is 1.38. The summed E-state index contributed by atoms with van der Waals surface area (Å²) < 4.78 is 0.898. The summed E-state index contributed by atoms with van der Waals surface area (Å²) in [6.07, 6.45) is 0. The Hall–Kier alpha value is -2.22. The number of nitrogens with one attached hydrogen (secondary N) is 2. The largest absolute Gasteiger partial charge is 0.297 e. The van der Waals surface area contributed by atoms with Gasteiger partial charge < -0.3 is 0 Å². The molecule has 0 aliphatic carbocycles. The van der Waals surface area contributed by atoms with Crippen molar-refractivity contribution in [1.82, 2.24) is 20.7 Å². The summed E-state index contributed by atoms with van der Waals surface area (Å²) in [6, 6.07) is 15.4. The summed E-state index contributed by atoms with van der Waals surface area (Å²) in [5, 5.41) is 0. The molecule has 2 aromatic rings. The van der Waals surface area contributed by atoms with Crippen LogP contribution in [0.25, 0.3) is 0 Å². The molecule has 1 aliphatic heterocycles. The number of hydrogen-bond acceptors (Lipinski definition) is 4. The molecule has 0 aromatic heterocycles. The maximum Gasteiger partial charge on any atom is 0.269 e. The Kier molecular flexibility index (Phi) is 7.19. The van der Waals surface area contributed by atoms with Gasteiger partial charge in [0.2, 0.25) is 0 Å². The first kappa shape index (κ1) is 20.5. The Morgan fingerprint density at radius 2 is 1.57 bits per heavy atom. The number of rotatable bonds is 5. The Labute approximate surface area is 174 Å². The highest BCUT2D eigenvalue weighted by molar-refractivity contribution is 9.10. The van der Waals surface area contributed by atoms with Crippen LogP contribution >= 0.6 is 15.9 Å². The highest BCUT2D eigenvalue weighted by Crippen LogP contribution is 2.12. The smallest absolute Gasteiger partial charge is 0.269 e. The van der Waals surface area contributed by atoms with Crippen molar-refractivity contribution in [3.05, 3.63) is 69.7 Å². The Morgan fingerprint density at radius 3 is 2.25 bits per heavy atom. The number of aryl methyl sites for hydroxylation is 1. The molecule has 0 bridgehead atoms. The van der Waals surface area contributed by atoms with Gasteiger partial charge in [0, 0.05) is 42.8 Å². The summed E-state index contributed by atoms with van der Waals surface area (Å²) in [5.74, 6) is -0.540.